The van der Waals surface area contributed by atoms with Crippen molar-refractivity contribution >= 4 is 22.3 Å². The summed E-state index contributed by atoms with van der Waals surface area (Å²) in [4.78, 5) is 12.2. The summed E-state index contributed by atoms with van der Waals surface area (Å²) >= 11 is 0. The summed E-state index contributed by atoms with van der Waals surface area (Å²) in [6, 6.07) is 22.6. The molecule has 0 aliphatic carbocycles. The molecule has 2 nitrogen and oxygen atoms in total. The third-order valence-electron chi connectivity index (χ3n) is 4.69. The molecular weight excluding hydrogens is 320 g/mol. The Morgan fingerprint density at radius 3 is 2.42 bits per heavy atom. The third-order valence-corrected chi connectivity index (χ3v) is 4.69. The van der Waals surface area contributed by atoms with E-state index < -0.39 is 6.10 Å². The smallest absolute Gasteiger partial charge is 0.306 e. The van der Waals surface area contributed by atoms with E-state index in [1.165, 1.54) is 5.56 Å². The predicted molar refractivity (Wildman–Crippen MR) is 108 cm³/mol. The van der Waals surface area contributed by atoms with E-state index in [9.17, 15) is 4.79 Å². The van der Waals surface area contributed by atoms with Crippen LogP contribution in [0.3, 0.4) is 0 Å². The Labute approximate surface area is 155 Å². The number of allylic oxidation sites excluding steroid dienone is 1. The Hall–Kier alpha value is -2.87. The average molecular weight is 344 g/mol. The molecule has 3 aromatic carbocycles. The van der Waals surface area contributed by atoms with Crippen molar-refractivity contribution in [1.29, 1.82) is 0 Å². The van der Waals surface area contributed by atoms with Crippen LogP contribution in [0.15, 0.2) is 72.8 Å². The second-order valence-electron chi connectivity index (χ2n) is 6.35. The van der Waals surface area contributed by atoms with Crippen molar-refractivity contribution in [2.45, 2.75) is 33.3 Å². The molecule has 3 aromatic rings. The van der Waals surface area contributed by atoms with Crippen molar-refractivity contribution in [3.05, 3.63) is 89.5 Å². The van der Waals surface area contributed by atoms with E-state index >= 15 is 0 Å². The monoisotopic (exact) mass is 344 g/mol. The molecule has 132 valence electrons. The third kappa shape index (κ3) is 3.55. The molecule has 0 aromatic heterocycles. The van der Waals surface area contributed by atoms with Crippen molar-refractivity contribution in [3.63, 3.8) is 0 Å². The fraction of sp³-hybridized carbons (Fsp3) is 0.208. The molecule has 1 unspecified atom stereocenters. The molecule has 0 spiro atoms. The van der Waals surface area contributed by atoms with Crippen LogP contribution < -0.4 is 0 Å². The van der Waals surface area contributed by atoms with Gasteiger partial charge >= 0.3 is 5.97 Å². The van der Waals surface area contributed by atoms with Crippen LogP contribution in [0, 0.1) is 6.92 Å². The van der Waals surface area contributed by atoms with Crippen molar-refractivity contribution in [2.24, 2.45) is 0 Å². The lowest BCUT2D eigenvalue weighted by molar-refractivity contribution is -0.146. The van der Waals surface area contributed by atoms with E-state index in [1.807, 2.05) is 44.2 Å². The van der Waals surface area contributed by atoms with Crippen molar-refractivity contribution < 1.29 is 9.53 Å². The Morgan fingerprint density at radius 2 is 1.69 bits per heavy atom. The van der Waals surface area contributed by atoms with E-state index in [4.69, 9.17) is 4.74 Å². The van der Waals surface area contributed by atoms with Gasteiger partial charge in [0, 0.05) is 17.6 Å². The highest BCUT2D eigenvalue weighted by atomic mass is 16.5. The number of hydrogen-bond donors (Lipinski definition) is 0. The van der Waals surface area contributed by atoms with Gasteiger partial charge in [0.2, 0.25) is 0 Å². The molecule has 1 atom stereocenters. The molecule has 0 saturated heterocycles. The summed E-state index contributed by atoms with van der Waals surface area (Å²) in [7, 11) is 0. The summed E-state index contributed by atoms with van der Waals surface area (Å²) < 4.78 is 5.95. The summed E-state index contributed by atoms with van der Waals surface area (Å²) in [5.41, 5.74) is 4.30. The van der Waals surface area contributed by atoms with Crippen LogP contribution in [0.25, 0.3) is 16.3 Å². The molecule has 0 fully saturated rings. The van der Waals surface area contributed by atoms with E-state index in [0.29, 0.717) is 6.42 Å². The van der Waals surface area contributed by atoms with Gasteiger partial charge in [0.25, 0.3) is 0 Å². The number of esters is 1. The lowest BCUT2D eigenvalue weighted by atomic mass is 9.89. The topological polar surface area (TPSA) is 26.3 Å². The van der Waals surface area contributed by atoms with E-state index in [2.05, 4.69) is 49.4 Å². The van der Waals surface area contributed by atoms with Crippen molar-refractivity contribution in [1.82, 2.24) is 0 Å². The molecule has 0 bridgehead atoms. The number of carbonyl (C=O) groups is 1. The molecule has 0 saturated carbocycles. The maximum atomic E-state index is 12.2. The minimum absolute atomic E-state index is 0.198. The van der Waals surface area contributed by atoms with Gasteiger partial charge in [0.05, 0.1) is 0 Å². The van der Waals surface area contributed by atoms with Crippen molar-refractivity contribution in [3.8, 4) is 0 Å². The molecular formula is C24H24O2. The van der Waals surface area contributed by atoms with Gasteiger partial charge in [-0.15, -0.1) is 0 Å². The Balaban J connectivity index is 2.19. The number of hydrogen-bond acceptors (Lipinski definition) is 2. The van der Waals surface area contributed by atoms with Crippen LogP contribution in [0.4, 0.5) is 0 Å². The van der Waals surface area contributed by atoms with Crippen molar-refractivity contribution in [2.75, 3.05) is 0 Å². The Kier molecular flexibility index (Phi) is 5.52. The first-order valence-corrected chi connectivity index (χ1v) is 9.05. The van der Waals surface area contributed by atoms with Gasteiger partial charge in [-0.25, -0.2) is 0 Å². The van der Waals surface area contributed by atoms with E-state index in [-0.39, 0.29) is 5.97 Å². The zero-order chi connectivity index (χ0) is 18.5. The molecule has 2 heteroatoms. The molecule has 0 aliphatic rings. The predicted octanol–water partition coefficient (Wildman–Crippen LogP) is 6.25. The SMILES string of the molecule is C/C=C(\c1ccccc1C)C(OC(=O)CC)c1cccc2ccccc12. The number of ether oxygens (including phenoxy) is 1. The minimum Gasteiger partial charge on any atom is -0.453 e. The Bertz CT molecular complexity index is 948. The summed E-state index contributed by atoms with van der Waals surface area (Å²) in [5, 5.41) is 2.25. The highest BCUT2D eigenvalue weighted by Crippen LogP contribution is 2.38. The molecule has 26 heavy (non-hydrogen) atoms. The summed E-state index contributed by atoms with van der Waals surface area (Å²) in [6.45, 7) is 5.91. The number of carbonyl (C=O) groups excluding carboxylic acids is 1. The van der Waals surface area contributed by atoms with Gasteiger partial charge in [-0.05, 0) is 35.7 Å². The maximum absolute atomic E-state index is 12.2. The lowest BCUT2D eigenvalue weighted by Crippen LogP contribution is -2.13. The molecule has 0 amide bonds. The Morgan fingerprint density at radius 1 is 1.00 bits per heavy atom. The molecule has 0 radical (unpaired) electrons. The highest BCUT2D eigenvalue weighted by Gasteiger charge is 2.24. The first-order valence-electron chi connectivity index (χ1n) is 9.05. The summed E-state index contributed by atoms with van der Waals surface area (Å²) in [6.07, 6.45) is 1.98. The van der Waals surface area contributed by atoms with E-state index in [0.717, 1.165) is 27.5 Å². The quantitative estimate of drug-likeness (QED) is 0.512. The fourth-order valence-electron chi connectivity index (χ4n) is 3.33. The van der Waals surface area contributed by atoms with Gasteiger partial charge in [-0.2, -0.15) is 0 Å². The van der Waals surface area contributed by atoms with Crippen LogP contribution in [-0.2, 0) is 9.53 Å². The fourth-order valence-corrected chi connectivity index (χ4v) is 3.33. The lowest BCUT2D eigenvalue weighted by Gasteiger charge is -2.24. The summed E-state index contributed by atoms with van der Waals surface area (Å²) in [5.74, 6) is -0.198. The van der Waals surface area contributed by atoms with Crippen LogP contribution >= 0.6 is 0 Å². The largest absolute Gasteiger partial charge is 0.453 e. The number of benzene rings is 3. The van der Waals surface area contributed by atoms with Crippen LogP contribution in [0.1, 0.15) is 43.1 Å². The number of aryl methyl sites for hydroxylation is 1. The van der Waals surface area contributed by atoms with Gasteiger partial charge in [0.1, 0.15) is 0 Å². The average Bonchev–Trinajstić information content (AvgIpc) is 2.68. The molecule has 0 heterocycles. The molecule has 0 aliphatic heterocycles. The maximum Gasteiger partial charge on any atom is 0.306 e. The second kappa shape index (κ2) is 8.01. The number of fused-ring (bicyclic) bond motifs is 1. The van der Waals surface area contributed by atoms with Gasteiger partial charge in [0.15, 0.2) is 6.10 Å². The van der Waals surface area contributed by atoms with E-state index in [1.54, 1.807) is 0 Å². The van der Waals surface area contributed by atoms with Gasteiger partial charge in [-0.3, -0.25) is 4.79 Å². The normalized spacial score (nSPS) is 12.8. The zero-order valence-corrected chi connectivity index (χ0v) is 15.5. The zero-order valence-electron chi connectivity index (χ0n) is 15.5. The van der Waals surface area contributed by atoms with Gasteiger partial charge < -0.3 is 4.74 Å². The second-order valence-corrected chi connectivity index (χ2v) is 6.35. The minimum atomic E-state index is -0.431. The number of rotatable bonds is 5. The first kappa shape index (κ1) is 17.9. The van der Waals surface area contributed by atoms with Gasteiger partial charge in [-0.1, -0.05) is 79.7 Å². The molecule has 0 N–H and O–H groups in total. The highest BCUT2D eigenvalue weighted by molar-refractivity contribution is 5.89. The standard InChI is InChI=1S/C24H24O2/c1-4-19(20-14-8-6-11-17(20)3)24(26-23(25)5-2)22-16-10-13-18-12-7-9-15-21(18)22/h4,6-16,24H,5H2,1-3H3/b19-4+. The first-order chi connectivity index (χ1) is 12.7. The van der Waals surface area contributed by atoms with Crippen LogP contribution in [-0.4, -0.2) is 5.97 Å². The molecule has 3 rings (SSSR count). The van der Waals surface area contributed by atoms with Crippen LogP contribution in [0.5, 0.6) is 0 Å². The van der Waals surface area contributed by atoms with Crippen LogP contribution in [0.2, 0.25) is 0 Å².